The van der Waals surface area contributed by atoms with Crippen LogP contribution in [0.2, 0.25) is 5.02 Å². The lowest BCUT2D eigenvalue weighted by Gasteiger charge is -2.11. The van der Waals surface area contributed by atoms with Gasteiger partial charge in [0.25, 0.3) is 0 Å². The lowest BCUT2D eigenvalue weighted by molar-refractivity contribution is 0.406. The number of halogens is 3. The maximum atomic E-state index is 13.8. The second-order valence-electron chi connectivity index (χ2n) is 4.30. The molecule has 0 bridgehead atoms. The van der Waals surface area contributed by atoms with E-state index in [-0.39, 0.29) is 6.54 Å². The molecule has 2 rings (SSSR count). The molecule has 106 valence electrons. The van der Waals surface area contributed by atoms with Gasteiger partial charge in [0, 0.05) is 11.6 Å². The molecule has 0 fully saturated rings. The summed E-state index contributed by atoms with van der Waals surface area (Å²) in [6.45, 7) is 2.00. The second-order valence-corrected chi connectivity index (χ2v) is 4.71. The number of ether oxygens (including phenoxy) is 1. The first-order valence-electron chi connectivity index (χ1n) is 6.19. The number of nitrogens with two attached hydrogens (primary N) is 1. The topological polar surface area (TPSA) is 35.2 Å². The predicted octanol–water partition coefficient (Wildman–Crippen LogP) is 4.43. The smallest absolute Gasteiger partial charge is 0.198 e. The Morgan fingerprint density at radius 1 is 1.15 bits per heavy atom. The van der Waals surface area contributed by atoms with E-state index in [0.717, 1.165) is 17.7 Å². The van der Waals surface area contributed by atoms with Gasteiger partial charge in [-0.15, -0.1) is 0 Å². The van der Waals surface area contributed by atoms with Crippen molar-refractivity contribution in [1.29, 1.82) is 0 Å². The number of benzene rings is 2. The van der Waals surface area contributed by atoms with Crippen molar-refractivity contribution in [2.45, 2.75) is 19.9 Å². The predicted molar refractivity (Wildman–Crippen MR) is 75.2 cm³/mol. The molecular weight excluding hydrogens is 284 g/mol. The van der Waals surface area contributed by atoms with Gasteiger partial charge in [0.15, 0.2) is 17.4 Å². The third-order valence-electron chi connectivity index (χ3n) is 2.91. The van der Waals surface area contributed by atoms with E-state index >= 15 is 0 Å². The van der Waals surface area contributed by atoms with E-state index in [9.17, 15) is 8.78 Å². The average molecular weight is 298 g/mol. The molecule has 0 saturated heterocycles. The summed E-state index contributed by atoms with van der Waals surface area (Å²) in [5.41, 5.74) is 6.58. The quantitative estimate of drug-likeness (QED) is 0.906. The van der Waals surface area contributed by atoms with Crippen LogP contribution in [0.3, 0.4) is 0 Å². The molecule has 20 heavy (non-hydrogen) atoms. The van der Waals surface area contributed by atoms with Crippen molar-refractivity contribution in [3.8, 4) is 11.5 Å². The van der Waals surface area contributed by atoms with Crippen molar-refractivity contribution < 1.29 is 13.5 Å². The molecule has 0 aliphatic heterocycles. The van der Waals surface area contributed by atoms with Crippen LogP contribution in [0.4, 0.5) is 8.78 Å². The molecule has 0 atom stereocenters. The van der Waals surface area contributed by atoms with E-state index < -0.39 is 17.4 Å². The van der Waals surface area contributed by atoms with Crippen LogP contribution >= 0.6 is 11.6 Å². The third-order valence-corrected chi connectivity index (χ3v) is 3.28. The molecule has 5 heteroatoms. The number of rotatable bonds is 4. The summed E-state index contributed by atoms with van der Waals surface area (Å²) >= 11 is 5.98. The van der Waals surface area contributed by atoms with Crippen molar-refractivity contribution >= 4 is 11.6 Å². The van der Waals surface area contributed by atoms with E-state index in [0.29, 0.717) is 22.8 Å². The number of aryl methyl sites for hydroxylation is 1. The summed E-state index contributed by atoms with van der Waals surface area (Å²) < 4.78 is 32.9. The van der Waals surface area contributed by atoms with Gasteiger partial charge < -0.3 is 10.5 Å². The number of hydrogen-bond acceptors (Lipinski definition) is 2. The van der Waals surface area contributed by atoms with Crippen molar-refractivity contribution in [1.82, 2.24) is 0 Å². The van der Waals surface area contributed by atoms with E-state index in [4.69, 9.17) is 22.1 Å². The van der Waals surface area contributed by atoms with Crippen LogP contribution in [0, 0.1) is 11.6 Å². The first-order chi connectivity index (χ1) is 9.55. The van der Waals surface area contributed by atoms with Crippen LogP contribution in [-0.4, -0.2) is 0 Å². The maximum Gasteiger partial charge on any atom is 0.198 e. The summed E-state index contributed by atoms with van der Waals surface area (Å²) in [5, 5.41) is 0.597. The van der Waals surface area contributed by atoms with Gasteiger partial charge in [-0.3, -0.25) is 0 Å². The molecular formula is C15H14ClF2NO. The van der Waals surface area contributed by atoms with Gasteiger partial charge in [0.1, 0.15) is 5.75 Å². The number of hydrogen-bond donors (Lipinski definition) is 1. The fraction of sp³-hybridized carbons (Fsp3) is 0.200. The fourth-order valence-electron chi connectivity index (χ4n) is 1.83. The van der Waals surface area contributed by atoms with Gasteiger partial charge >= 0.3 is 0 Å². The molecule has 0 heterocycles. The second kappa shape index (κ2) is 6.20. The van der Waals surface area contributed by atoms with Crippen LogP contribution in [0.15, 0.2) is 30.3 Å². The molecule has 0 aliphatic rings. The van der Waals surface area contributed by atoms with Gasteiger partial charge in [-0.1, -0.05) is 18.5 Å². The zero-order valence-electron chi connectivity index (χ0n) is 10.9. The highest BCUT2D eigenvalue weighted by Gasteiger charge is 2.14. The molecule has 0 amide bonds. The summed E-state index contributed by atoms with van der Waals surface area (Å²) in [6, 6.07) is 7.19. The Morgan fingerprint density at radius 2 is 1.80 bits per heavy atom. The molecule has 0 spiro atoms. The van der Waals surface area contributed by atoms with Crippen LogP contribution in [0.5, 0.6) is 11.5 Å². The van der Waals surface area contributed by atoms with E-state index in [1.807, 2.05) is 6.92 Å². The Bertz CT molecular complexity index is 608. The summed E-state index contributed by atoms with van der Waals surface area (Å²) in [7, 11) is 0. The Labute approximate surface area is 121 Å². The first-order valence-corrected chi connectivity index (χ1v) is 6.57. The summed E-state index contributed by atoms with van der Waals surface area (Å²) in [5.74, 6) is -1.66. The van der Waals surface area contributed by atoms with Crippen molar-refractivity contribution in [2.24, 2.45) is 5.73 Å². The first kappa shape index (κ1) is 14.8. The highest BCUT2D eigenvalue weighted by molar-refractivity contribution is 6.31. The molecule has 0 saturated carbocycles. The van der Waals surface area contributed by atoms with Gasteiger partial charge in [-0.25, -0.2) is 8.78 Å². The van der Waals surface area contributed by atoms with Crippen molar-refractivity contribution in [2.75, 3.05) is 0 Å². The minimum absolute atomic E-state index is 0.0645. The summed E-state index contributed by atoms with van der Waals surface area (Å²) in [4.78, 5) is 0. The van der Waals surface area contributed by atoms with Gasteiger partial charge in [-0.05, 0) is 47.9 Å². The monoisotopic (exact) mass is 297 g/mol. The zero-order chi connectivity index (χ0) is 14.7. The lowest BCUT2D eigenvalue weighted by Crippen LogP contribution is -2.00. The molecule has 0 aliphatic carbocycles. The molecule has 0 unspecified atom stereocenters. The van der Waals surface area contributed by atoms with Crippen LogP contribution in [0.1, 0.15) is 18.1 Å². The molecule has 2 aromatic carbocycles. The average Bonchev–Trinajstić information content (AvgIpc) is 2.44. The zero-order valence-corrected chi connectivity index (χ0v) is 11.7. The molecule has 2 nitrogen and oxygen atoms in total. The Balaban J connectivity index is 2.35. The van der Waals surface area contributed by atoms with Gasteiger partial charge in [0.05, 0.1) is 0 Å². The summed E-state index contributed by atoms with van der Waals surface area (Å²) in [6.07, 6.45) is 0.701. The highest BCUT2D eigenvalue weighted by Crippen LogP contribution is 2.31. The van der Waals surface area contributed by atoms with E-state index in [2.05, 4.69) is 0 Å². The van der Waals surface area contributed by atoms with Crippen LogP contribution in [-0.2, 0) is 13.0 Å². The van der Waals surface area contributed by atoms with Crippen molar-refractivity contribution in [3.05, 3.63) is 58.1 Å². The normalized spacial score (nSPS) is 10.7. The SMILES string of the molecule is CCc1cc(Oc2c(F)cc(CN)cc2F)ccc1Cl. The Kier molecular flexibility index (Phi) is 4.57. The molecule has 2 aromatic rings. The Morgan fingerprint density at radius 3 is 2.35 bits per heavy atom. The van der Waals surface area contributed by atoms with Crippen LogP contribution < -0.4 is 10.5 Å². The largest absolute Gasteiger partial charge is 0.451 e. The Hall–Kier alpha value is -1.65. The minimum Gasteiger partial charge on any atom is -0.451 e. The van der Waals surface area contributed by atoms with Gasteiger partial charge in [-0.2, -0.15) is 0 Å². The van der Waals surface area contributed by atoms with E-state index in [1.54, 1.807) is 18.2 Å². The van der Waals surface area contributed by atoms with Crippen LogP contribution in [0.25, 0.3) is 0 Å². The maximum absolute atomic E-state index is 13.8. The molecule has 0 radical (unpaired) electrons. The fourth-order valence-corrected chi connectivity index (χ4v) is 2.08. The lowest BCUT2D eigenvalue weighted by atomic mass is 10.1. The van der Waals surface area contributed by atoms with Gasteiger partial charge in [0.2, 0.25) is 0 Å². The standard InChI is InChI=1S/C15H14ClF2NO/c1-2-10-7-11(3-4-12(10)16)20-15-13(17)5-9(8-19)6-14(15)18/h3-7H,2,8,19H2,1H3. The minimum atomic E-state index is -0.779. The third kappa shape index (κ3) is 3.08. The molecule has 2 N–H and O–H groups in total. The van der Waals surface area contributed by atoms with Crippen molar-refractivity contribution in [3.63, 3.8) is 0 Å². The van der Waals surface area contributed by atoms with E-state index in [1.165, 1.54) is 0 Å². The molecule has 0 aromatic heterocycles. The highest BCUT2D eigenvalue weighted by atomic mass is 35.5.